The zero-order valence-electron chi connectivity index (χ0n) is 8.47. The molecule has 0 N–H and O–H groups in total. The largest absolute Gasteiger partial charge is 0.490 e. The van der Waals surface area contributed by atoms with Crippen LogP contribution in [0.5, 0.6) is 5.75 Å². The molecule has 0 aromatic heterocycles. The lowest BCUT2D eigenvalue weighted by Crippen LogP contribution is -1.99. The van der Waals surface area contributed by atoms with Gasteiger partial charge in [0.15, 0.2) is 0 Å². The number of hydrogen-bond acceptors (Lipinski definition) is 3. The molecule has 0 saturated carbocycles. The SMILES string of the molecule is [CH2]C(C=C)c1cccc([N+](=O)[O-])c1OC. The standard InChI is InChI=1S/C11H12NO3/c1-4-8(2)9-6-5-7-10(12(13)14)11(9)15-3/h4-8H,1-2H2,3H3. The molecule has 0 aliphatic carbocycles. The summed E-state index contributed by atoms with van der Waals surface area (Å²) in [5, 5.41) is 10.7. The molecule has 0 amide bonds. The first-order chi connectivity index (χ1) is 7.11. The van der Waals surface area contributed by atoms with E-state index in [1.54, 1.807) is 18.2 Å². The molecule has 0 aliphatic rings. The van der Waals surface area contributed by atoms with E-state index in [4.69, 9.17) is 4.74 Å². The first-order valence-corrected chi connectivity index (χ1v) is 4.38. The van der Waals surface area contributed by atoms with Gasteiger partial charge in [-0.3, -0.25) is 10.1 Å². The molecule has 0 heterocycles. The molecule has 0 aliphatic heterocycles. The molecule has 0 fully saturated rings. The van der Waals surface area contributed by atoms with Crippen LogP contribution in [0.25, 0.3) is 0 Å². The third-order valence-electron chi connectivity index (χ3n) is 2.11. The molecule has 1 radical (unpaired) electrons. The van der Waals surface area contributed by atoms with Crippen molar-refractivity contribution in [3.05, 3.63) is 53.5 Å². The second kappa shape index (κ2) is 4.59. The molecule has 1 unspecified atom stereocenters. The lowest BCUT2D eigenvalue weighted by Gasteiger charge is -2.11. The van der Waals surface area contributed by atoms with Crippen LogP contribution in [0.15, 0.2) is 30.9 Å². The maximum Gasteiger partial charge on any atom is 0.311 e. The molecule has 4 nitrogen and oxygen atoms in total. The van der Waals surface area contributed by atoms with Crippen molar-refractivity contribution >= 4 is 5.69 Å². The van der Waals surface area contributed by atoms with Gasteiger partial charge in [0.25, 0.3) is 0 Å². The van der Waals surface area contributed by atoms with E-state index in [2.05, 4.69) is 13.5 Å². The maximum atomic E-state index is 10.7. The number of para-hydroxylation sites is 1. The minimum atomic E-state index is -0.474. The lowest BCUT2D eigenvalue weighted by molar-refractivity contribution is -0.385. The first-order valence-electron chi connectivity index (χ1n) is 4.38. The van der Waals surface area contributed by atoms with E-state index in [0.29, 0.717) is 5.56 Å². The number of rotatable bonds is 4. The molecule has 1 atom stereocenters. The highest BCUT2D eigenvalue weighted by molar-refractivity contribution is 5.54. The molecule has 79 valence electrons. The summed E-state index contributed by atoms with van der Waals surface area (Å²) >= 11 is 0. The predicted molar refractivity (Wildman–Crippen MR) is 57.9 cm³/mol. The molecule has 0 spiro atoms. The Bertz CT molecular complexity index is 387. The van der Waals surface area contributed by atoms with E-state index >= 15 is 0 Å². The first kappa shape index (κ1) is 11.2. The number of allylic oxidation sites excluding steroid dienone is 1. The lowest BCUT2D eigenvalue weighted by atomic mass is 9.99. The number of methoxy groups -OCH3 is 1. The minimum absolute atomic E-state index is 0.0505. The van der Waals surface area contributed by atoms with Gasteiger partial charge in [-0.1, -0.05) is 18.2 Å². The molecule has 1 rings (SSSR count). The van der Waals surface area contributed by atoms with Gasteiger partial charge >= 0.3 is 5.69 Å². The summed E-state index contributed by atoms with van der Waals surface area (Å²) in [6, 6.07) is 4.75. The third-order valence-corrected chi connectivity index (χ3v) is 2.11. The second-order valence-corrected chi connectivity index (χ2v) is 3.00. The summed E-state index contributed by atoms with van der Waals surface area (Å²) in [4.78, 5) is 10.2. The Labute approximate surface area is 88.3 Å². The number of nitro benzene ring substituents is 1. The smallest absolute Gasteiger partial charge is 0.311 e. The van der Waals surface area contributed by atoms with Crippen LogP contribution in [0, 0.1) is 17.0 Å². The van der Waals surface area contributed by atoms with E-state index < -0.39 is 4.92 Å². The summed E-state index contributed by atoms with van der Waals surface area (Å²) in [5.74, 6) is 0.0299. The van der Waals surface area contributed by atoms with Crippen LogP contribution in [-0.4, -0.2) is 12.0 Å². The van der Waals surface area contributed by atoms with Gasteiger partial charge < -0.3 is 4.74 Å². The summed E-state index contributed by atoms with van der Waals surface area (Å²) in [6.07, 6.45) is 1.61. The van der Waals surface area contributed by atoms with Crippen molar-refractivity contribution in [2.45, 2.75) is 5.92 Å². The Kier molecular flexibility index (Phi) is 3.44. The molecular formula is C11H12NO3. The Balaban J connectivity index is 3.34. The van der Waals surface area contributed by atoms with Gasteiger partial charge in [0.05, 0.1) is 12.0 Å². The fourth-order valence-electron chi connectivity index (χ4n) is 1.33. The summed E-state index contributed by atoms with van der Waals surface area (Å²) in [6.45, 7) is 7.41. The minimum Gasteiger partial charge on any atom is -0.490 e. The molecule has 1 aromatic carbocycles. The van der Waals surface area contributed by atoms with Crippen molar-refractivity contribution in [1.82, 2.24) is 0 Å². The van der Waals surface area contributed by atoms with Gasteiger partial charge in [-0.25, -0.2) is 0 Å². The number of nitrogens with zero attached hydrogens (tertiary/aromatic N) is 1. The monoisotopic (exact) mass is 206 g/mol. The second-order valence-electron chi connectivity index (χ2n) is 3.00. The van der Waals surface area contributed by atoms with Crippen LogP contribution in [0.1, 0.15) is 11.5 Å². The van der Waals surface area contributed by atoms with Crippen LogP contribution < -0.4 is 4.74 Å². The van der Waals surface area contributed by atoms with Gasteiger partial charge in [0.2, 0.25) is 5.75 Å². The van der Waals surface area contributed by atoms with Crippen LogP contribution in [0.4, 0.5) is 5.69 Å². The Hall–Kier alpha value is -1.84. The van der Waals surface area contributed by atoms with E-state index in [9.17, 15) is 10.1 Å². The van der Waals surface area contributed by atoms with Gasteiger partial charge in [-0.2, -0.15) is 0 Å². The molecule has 0 bridgehead atoms. The molecule has 0 saturated heterocycles. The highest BCUT2D eigenvalue weighted by Gasteiger charge is 2.19. The fraction of sp³-hybridized carbons (Fsp3) is 0.182. The van der Waals surface area contributed by atoms with Crippen molar-refractivity contribution in [2.75, 3.05) is 7.11 Å². The van der Waals surface area contributed by atoms with Crippen LogP contribution in [0.3, 0.4) is 0 Å². The van der Waals surface area contributed by atoms with Crippen molar-refractivity contribution in [1.29, 1.82) is 0 Å². The number of ether oxygens (including phenoxy) is 1. The molecular weight excluding hydrogens is 194 g/mol. The predicted octanol–water partition coefficient (Wildman–Crippen LogP) is 2.71. The highest BCUT2D eigenvalue weighted by Crippen LogP contribution is 2.35. The zero-order valence-corrected chi connectivity index (χ0v) is 8.47. The average Bonchev–Trinajstić information content (AvgIpc) is 2.26. The summed E-state index contributed by atoms with van der Waals surface area (Å²) in [7, 11) is 1.40. The molecule has 4 heteroatoms. The van der Waals surface area contributed by atoms with Crippen molar-refractivity contribution in [2.24, 2.45) is 0 Å². The quantitative estimate of drug-likeness (QED) is 0.432. The van der Waals surface area contributed by atoms with Crippen LogP contribution in [-0.2, 0) is 0 Å². The van der Waals surface area contributed by atoms with Crippen LogP contribution in [0.2, 0.25) is 0 Å². The number of nitro groups is 1. The number of hydrogen-bond donors (Lipinski definition) is 0. The van der Waals surface area contributed by atoms with Crippen molar-refractivity contribution in [3.63, 3.8) is 0 Å². The zero-order chi connectivity index (χ0) is 11.4. The van der Waals surface area contributed by atoms with Crippen molar-refractivity contribution in [3.8, 4) is 5.75 Å². The van der Waals surface area contributed by atoms with E-state index in [1.807, 2.05) is 0 Å². The average molecular weight is 206 g/mol. The van der Waals surface area contributed by atoms with E-state index in [-0.39, 0.29) is 17.4 Å². The summed E-state index contributed by atoms with van der Waals surface area (Å²) in [5.41, 5.74) is 0.618. The maximum absolute atomic E-state index is 10.7. The van der Waals surface area contributed by atoms with Gasteiger partial charge in [0, 0.05) is 17.5 Å². The van der Waals surface area contributed by atoms with Gasteiger partial charge in [0.1, 0.15) is 0 Å². The van der Waals surface area contributed by atoms with Crippen LogP contribution >= 0.6 is 0 Å². The summed E-state index contributed by atoms with van der Waals surface area (Å²) < 4.78 is 5.03. The van der Waals surface area contributed by atoms with Crippen molar-refractivity contribution < 1.29 is 9.66 Å². The Morgan fingerprint density at radius 1 is 1.60 bits per heavy atom. The fourth-order valence-corrected chi connectivity index (χ4v) is 1.33. The Morgan fingerprint density at radius 3 is 2.73 bits per heavy atom. The van der Waals surface area contributed by atoms with E-state index in [0.717, 1.165) is 0 Å². The molecule has 1 aromatic rings. The third kappa shape index (κ3) is 2.15. The van der Waals surface area contributed by atoms with E-state index in [1.165, 1.54) is 13.2 Å². The van der Waals surface area contributed by atoms with Gasteiger partial charge in [-0.05, 0) is 6.92 Å². The normalized spacial score (nSPS) is 11.9. The molecule has 15 heavy (non-hydrogen) atoms. The highest BCUT2D eigenvalue weighted by atomic mass is 16.6. The Morgan fingerprint density at radius 2 is 2.27 bits per heavy atom. The topological polar surface area (TPSA) is 52.4 Å². The van der Waals surface area contributed by atoms with Gasteiger partial charge in [-0.15, -0.1) is 6.58 Å². The number of benzene rings is 1.